The van der Waals surface area contributed by atoms with Crippen molar-refractivity contribution in [2.24, 2.45) is 0 Å². The fourth-order valence-electron chi connectivity index (χ4n) is 3.74. The topological polar surface area (TPSA) is 84.7 Å². The van der Waals surface area contributed by atoms with E-state index in [9.17, 15) is 4.79 Å². The molecule has 0 aliphatic heterocycles. The molecule has 0 atom stereocenters. The van der Waals surface area contributed by atoms with Crippen molar-refractivity contribution in [3.8, 4) is 11.3 Å². The van der Waals surface area contributed by atoms with Crippen LogP contribution in [0.15, 0.2) is 102 Å². The monoisotopic (exact) mass is 538 g/mol. The number of aromatic nitrogens is 4. The molecule has 0 aliphatic carbocycles. The lowest BCUT2D eigenvalue weighted by molar-refractivity contribution is 0.102. The molecule has 0 saturated heterocycles. The van der Waals surface area contributed by atoms with Gasteiger partial charge in [-0.3, -0.25) is 9.78 Å². The minimum atomic E-state index is -0.187. The van der Waals surface area contributed by atoms with Gasteiger partial charge in [-0.25, -0.2) is 9.97 Å². The Hall–Kier alpha value is -4.30. The molecular weight excluding hydrogens is 516 g/mol. The summed E-state index contributed by atoms with van der Waals surface area (Å²) in [5.41, 5.74) is 5.82. The van der Waals surface area contributed by atoms with Crippen LogP contribution in [-0.2, 0) is 6.54 Å². The van der Waals surface area contributed by atoms with Gasteiger partial charge in [-0.05, 0) is 72.6 Å². The standard InChI is InChI=1S/C28H23BrN6O/c1-19-6-9-23(16-26(19)34-28-31-12-10-25(33-28)21-5-4-11-30-17-21)32-27(36)20-7-8-22(24(29)15-20)18-35-13-2-3-14-35/h2-17H,18H2,1H3,(H,32,36)(H,31,33,34). The second-order valence-corrected chi connectivity index (χ2v) is 9.13. The summed E-state index contributed by atoms with van der Waals surface area (Å²) in [7, 11) is 0. The molecule has 0 aliphatic rings. The Morgan fingerprint density at radius 2 is 1.86 bits per heavy atom. The molecule has 0 bridgehead atoms. The Kier molecular flexibility index (Phi) is 6.86. The zero-order chi connectivity index (χ0) is 24.9. The normalized spacial score (nSPS) is 10.7. The highest BCUT2D eigenvalue weighted by Crippen LogP contribution is 2.25. The van der Waals surface area contributed by atoms with Crippen LogP contribution in [0.4, 0.5) is 17.3 Å². The fraction of sp³-hybridized carbons (Fsp3) is 0.0714. The van der Waals surface area contributed by atoms with Crippen LogP contribution in [0, 0.1) is 6.92 Å². The average molecular weight is 539 g/mol. The van der Waals surface area contributed by atoms with Gasteiger partial charge in [0.05, 0.1) is 5.69 Å². The van der Waals surface area contributed by atoms with Crippen molar-refractivity contribution in [3.05, 3.63) is 119 Å². The number of benzene rings is 2. The summed E-state index contributed by atoms with van der Waals surface area (Å²) in [5, 5.41) is 6.26. The van der Waals surface area contributed by atoms with E-state index < -0.39 is 0 Å². The number of halogens is 1. The number of carbonyl (C=O) groups excluding carboxylic acids is 1. The molecule has 1 amide bonds. The maximum absolute atomic E-state index is 13.0. The maximum atomic E-state index is 13.0. The molecule has 36 heavy (non-hydrogen) atoms. The van der Waals surface area contributed by atoms with Crippen molar-refractivity contribution in [2.45, 2.75) is 13.5 Å². The number of nitrogens with zero attached hydrogens (tertiary/aromatic N) is 4. The van der Waals surface area contributed by atoms with E-state index in [0.29, 0.717) is 17.2 Å². The van der Waals surface area contributed by atoms with Crippen LogP contribution in [0.1, 0.15) is 21.5 Å². The SMILES string of the molecule is Cc1ccc(NC(=O)c2ccc(Cn3cccc3)c(Br)c2)cc1Nc1nccc(-c2cccnc2)n1. The lowest BCUT2D eigenvalue weighted by atomic mass is 10.1. The molecule has 2 N–H and O–H groups in total. The Bertz CT molecular complexity index is 1500. The molecule has 5 aromatic rings. The number of hydrogen-bond acceptors (Lipinski definition) is 5. The van der Waals surface area contributed by atoms with Crippen molar-refractivity contribution < 1.29 is 4.79 Å². The predicted molar refractivity (Wildman–Crippen MR) is 145 cm³/mol. The quantitative estimate of drug-likeness (QED) is 0.248. The van der Waals surface area contributed by atoms with Gasteiger partial charge in [0, 0.05) is 64.5 Å². The highest BCUT2D eigenvalue weighted by atomic mass is 79.9. The Labute approximate surface area is 217 Å². The molecule has 5 rings (SSSR count). The molecular formula is C28H23BrN6O. The molecule has 0 fully saturated rings. The van der Waals surface area contributed by atoms with Crippen LogP contribution in [-0.4, -0.2) is 25.4 Å². The fourth-order valence-corrected chi connectivity index (χ4v) is 4.25. The smallest absolute Gasteiger partial charge is 0.255 e. The minimum absolute atomic E-state index is 0.187. The molecule has 178 valence electrons. The second-order valence-electron chi connectivity index (χ2n) is 8.28. The molecule has 0 spiro atoms. The number of carbonyl (C=O) groups is 1. The van der Waals surface area contributed by atoms with Gasteiger partial charge >= 0.3 is 0 Å². The molecule has 3 aromatic heterocycles. The van der Waals surface area contributed by atoms with E-state index in [2.05, 4.69) is 46.1 Å². The predicted octanol–water partition coefficient (Wildman–Crippen LogP) is 6.46. The third-order valence-corrected chi connectivity index (χ3v) is 6.43. The lowest BCUT2D eigenvalue weighted by Gasteiger charge is -2.13. The summed E-state index contributed by atoms with van der Waals surface area (Å²) in [6.07, 6.45) is 9.21. The minimum Gasteiger partial charge on any atom is -0.350 e. The maximum Gasteiger partial charge on any atom is 0.255 e. The number of pyridine rings is 1. The summed E-state index contributed by atoms with van der Waals surface area (Å²) >= 11 is 3.61. The molecule has 0 unspecified atom stereocenters. The highest BCUT2D eigenvalue weighted by Gasteiger charge is 2.11. The summed E-state index contributed by atoms with van der Waals surface area (Å²) in [6, 6.07) is 21.0. The average Bonchev–Trinajstić information content (AvgIpc) is 3.41. The van der Waals surface area contributed by atoms with E-state index >= 15 is 0 Å². The van der Waals surface area contributed by atoms with Gasteiger partial charge in [-0.2, -0.15) is 0 Å². The van der Waals surface area contributed by atoms with Gasteiger partial charge in [0.1, 0.15) is 0 Å². The molecule has 3 heterocycles. The number of rotatable bonds is 7. The van der Waals surface area contributed by atoms with Crippen LogP contribution >= 0.6 is 15.9 Å². The first-order valence-electron chi connectivity index (χ1n) is 11.4. The third-order valence-electron chi connectivity index (χ3n) is 5.69. The molecule has 2 aromatic carbocycles. The van der Waals surface area contributed by atoms with Crippen molar-refractivity contribution in [2.75, 3.05) is 10.6 Å². The van der Waals surface area contributed by atoms with E-state index in [1.807, 2.05) is 86.0 Å². The van der Waals surface area contributed by atoms with Crippen LogP contribution in [0.3, 0.4) is 0 Å². The second kappa shape index (κ2) is 10.5. The van der Waals surface area contributed by atoms with Crippen molar-refractivity contribution in [1.29, 1.82) is 0 Å². The zero-order valence-electron chi connectivity index (χ0n) is 19.5. The van der Waals surface area contributed by atoms with Crippen LogP contribution < -0.4 is 10.6 Å². The largest absolute Gasteiger partial charge is 0.350 e. The zero-order valence-corrected chi connectivity index (χ0v) is 21.1. The van der Waals surface area contributed by atoms with E-state index in [-0.39, 0.29) is 5.91 Å². The third kappa shape index (κ3) is 5.50. The number of aryl methyl sites for hydroxylation is 1. The molecule has 7 nitrogen and oxygen atoms in total. The number of anilines is 3. The van der Waals surface area contributed by atoms with Gasteiger partial charge in [0.2, 0.25) is 5.95 Å². The van der Waals surface area contributed by atoms with Crippen molar-refractivity contribution in [3.63, 3.8) is 0 Å². The molecule has 0 radical (unpaired) electrons. The Balaban J connectivity index is 1.31. The van der Waals surface area contributed by atoms with Crippen molar-refractivity contribution >= 4 is 39.2 Å². The Morgan fingerprint density at radius 1 is 1.00 bits per heavy atom. The summed E-state index contributed by atoms with van der Waals surface area (Å²) in [4.78, 5) is 26.1. The van der Waals surface area contributed by atoms with Crippen LogP contribution in [0.25, 0.3) is 11.3 Å². The Morgan fingerprint density at radius 3 is 2.64 bits per heavy atom. The van der Waals surface area contributed by atoms with E-state index in [4.69, 9.17) is 0 Å². The summed E-state index contributed by atoms with van der Waals surface area (Å²) in [6.45, 7) is 2.71. The molecule has 8 heteroatoms. The van der Waals surface area contributed by atoms with E-state index in [1.54, 1.807) is 18.6 Å². The van der Waals surface area contributed by atoms with Crippen molar-refractivity contribution in [1.82, 2.24) is 19.5 Å². The van der Waals surface area contributed by atoms with Gasteiger partial charge in [0.15, 0.2) is 0 Å². The van der Waals surface area contributed by atoms with Gasteiger partial charge in [-0.15, -0.1) is 0 Å². The number of nitrogens with one attached hydrogen (secondary N) is 2. The summed E-state index contributed by atoms with van der Waals surface area (Å²) in [5.74, 6) is 0.276. The van der Waals surface area contributed by atoms with Gasteiger partial charge in [0.25, 0.3) is 5.91 Å². The van der Waals surface area contributed by atoms with Gasteiger partial charge < -0.3 is 15.2 Å². The lowest BCUT2D eigenvalue weighted by Crippen LogP contribution is -2.12. The highest BCUT2D eigenvalue weighted by molar-refractivity contribution is 9.10. The first kappa shape index (κ1) is 23.4. The number of amides is 1. The first-order chi connectivity index (χ1) is 17.5. The molecule has 0 saturated carbocycles. The van der Waals surface area contributed by atoms with Gasteiger partial charge in [-0.1, -0.05) is 28.1 Å². The first-order valence-corrected chi connectivity index (χ1v) is 12.2. The van der Waals surface area contributed by atoms with Crippen LogP contribution in [0.2, 0.25) is 0 Å². The van der Waals surface area contributed by atoms with E-state index in [1.165, 1.54) is 0 Å². The van der Waals surface area contributed by atoms with Crippen LogP contribution in [0.5, 0.6) is 0 Å². The summed E-state index contributed by atoms with van der Waals surface area (Å²) < 4.78 is 2.97. The number of hydrogen-bond donors (Lipinski definition) is 2. The van der Waals surface area contributed by atoms with E-state index in [0.717, 1.165) is 39.1 Å².